The molecule has 0 aromatic rings. The first-order chi connectivity index (χ1) is 3.41. The van der Waals surface area contributed by atoms with E-state index < -0.39 is 0 Å². The fraction of sp³-hybridized carbons (Fsp3) is 1.00. The van der Waals surface area contributed by atoms with Crippen molar-refractivity contribution in [3.63, 3.8) is 0 Å². The van der Waals surface area contributed by atoms with Gasteiger partial charge in [0.1, 0.15) is 0 Å². The molecule has 0 heterocycles. The van der Waals surface area contributed by atoms with Crippen LogP contribution in [0.1, 0.15) is 26.7 Å². The third kappa shape index (κ3) is 10.2. The number of halogens is 1. The van der Waals surface area contributed by atoms with Gasteiger partial charge in [-0.05, 0) is 21.9 Å². The van der Waals surface area contributed by atoms with E-state index in [1.807, 2.05) is 0 Å². The molecule has 0 aromatic heterocycles. The van der Waals surface area contributed by atoms with Crippen LogP contribution >= 0.6 is 8.58 Å². The van der Waals surface area contributed by atoms with Gasteiger partial charge in [0.2, 0.25) is 0 Å². The molecule has 0 aliphatic heterocycles. The molecule has 0 N–H and O–H groups in total. The van der Waals surface area contributed by atoms with Crippen molar-refractivity contribution in [3.8, 4) is 0 Å². The summed E-state index contributed by atoms with van der Waals surface area (Å²) in [5.74, 6) is 0. The van der Waals surface area contributed by atoms with E-state index in [1.54, 1.807) is 0 Å². The Morgan fingerprint density at radius 3 is 2.25 bits per heavy atom. The fourth-order valence-corrected chi connectivity index (χ4v) is 1.66. The second kappa shape index (κ2) is 11.0. The molecule has 2 heteroatoms. The largest absolute Gasteiger partial charge is 1.00 e. The van der Waals surface area contributed by atoms with Crippen molar-refractivity contribution in [1.82, 2.24) is 0 Å². The molecule has 0 aromatic carbocycles. The minimum absolute atomic E-state index is 0. The fourth-order valence-electron chi connectivity index (χ4n) is 0.553. The molecule has 0 fully saturated rings. The van der Waals surface area contributed by atoms with Gasteiger partial charge in [0.15, 0.2) is 0 Å². The van der Waals surface area contributed by atoms with E-state index in [0.29, 0.717) is 0 Å². The molecule has 0 radical (unpaired) electrons. The van der Waals surface area contributed by atoms with Crippen LogP contribution in [0, 0.1) is 0 Å². The second-order valence-electron chi connectivity index (χ2n) is 1.84. The third-order valence-electron chi connectivity index (χ3n) is 1.05. The van der Waals surface area contributed by atoms with Crippen LogP contribution < -0.4 is 24.0 Å². The highest BCUT2D eigenvalue weighted by Gasteiger charge is 1.86. The summed E-state index contributed by atoms with van der Waals surface area (Å²) >= 11 is 0. The highest BCUT2D eigenvalue weighted by Crippen LogP contribution is 2.09. The molecule has 1 unspecified atom stereocenters. The van der Waals surface area contributed by atoms with Crippen molar-refractivity contribution in [2.45, 2.75) is 26.7 Å². The Kier molecular flexibility index (Phi) is 16.4. The average molecular weight is 246 g/mol. The van der Waals surface area contributed by atoms with Crippen LogP contribution in [0.4, 0.5) is 0 Å². The maximum Gasteiger partial charge on any atom is 0.0549 e. The third-order valence-corrected chi connectivity index (χ3v) is 2.44. The molecule has 0 bridgehead atoms. The van der Waals surface area contributed by atoms with Crippen molar-refractivity contribution in [3.05, 3.63) is 0 Å². The molecule has 0 nitrogen and oxygen atoms in total. The molecule has 52 valence electrons. The predicted octanol–water partition coefficient (Wildman–Crippen LogP) is -0.779. The summed E-state index contributed by atoms with van der Waals surface area (Å²) in [6.07, 6.45) is 5.81. The first-order valence-electron chi connectivity index (χ1n) is 3.23. The minimum atomic E-state index is 0. The molecule has 0 rings (SSSR count). The van der Waals surface area contributed by atoms with Crippen LogP contribution in [0.25, 0.3) is 0 Å². The average Bonchev–Trinajstić information content (AvgIpc) is 1.69. The SMILES string of the molecule is CCCC[PH2+]CC.[I-]. The quantitative estimate of drug-likeness (QED) is 0.347. The van der Waals surface area contributed by atoms with E-state index in [2.05, 4.69) is 13.8 Å². The summed E-state index contributed by atoms with van der Waals surface area (Å²) in [6, 6.07) is 0. The number of hydrogen-bond acceptors (Lipinski definition) is 0. The Labute approximate surface area is 71.6 Å². The van der Waals surface area contributed by atoms with Crippen LogP contribution in [0.3, 0.4) is 0 Å². The van der Waals surface area contributed by atoms with Crippen LogP contribution in [-0.4, -0.2) is 12.3 Å². The molecule has 0 aliphatic carbocycles. The zero-order chi connectivity index (χ0) is 5.54. The summed E-state index contributed by atoms with van der Waals surface area (Å²) in [7, 11) is 0.816. The Balaban J connectivity index is 0. The lowest BCUT2D eigenvalue weighted by Gasteiger charge is -1.85. The molecule has 0 amide bonds. The summed E-state index contributed by atoms with van der Waals surface area (Å²) in [5, 5.41) is 0. The molecule has 8 heavy (non-hydrogen) atoms. The van der Waals surface area contributed by atoms with Crippen molar-refractivity contribution in [1.29, 1.82) is 0 Å². The van der Waals surface area contributed by atoms with E-state index >= 15 is 0 Å². The monoisotopic (exact) mass is 246 g/mol. The van der Waals surface area contributed by atoms with Gasteiger partial charge in [-0.15, -0.1) is 0 Å². The molecular formula is C6H16IP. The molecule has 0 saturated heterocycles. The second-order valence-corrected chi connectivity index (χ2v) is 3.81. The Hall–Kier alpha value is 1.16. The lowest BCUT2D eigenvalue weighted by atomic mass is 10.4. The molecular weight excluding hydrogens is 230 g/mol. The standard InChI is InChI=1S/C6H15P.HI/c1-3-5-6-7-4-2;/h7H,3-6H2,1-2H3;1H. The van der Waals surface area contributed by atoms with Crippen LogP contribution in [-0.2, 0) is 0 Å². The van der Waals surface area contributed by atoms with E-state index in [1.165, 1.54) is 25.2 Å². The molecule has 0 spiro atoms. The van der Waals surface area contributed by atoms with Gasteiger partial charge in [-0.3, -0.25) is 0 Å². The Morgan fingerprint density at radius 1 is 1.25 bits per heavy atom. The van der Waals surface area contributed by atoms with Crippen molar-refractivity contribution in [2.24, 2.45) is 0 Å². The van der Waals surface area contributed by atoms with Crippen LogP contribution in [0.15, 0.2) is 0 Å². The minimum Gasteiger partial charge on any atom is -1.00 e. The maximum atomic E-state index is 2.28. The number of unbranched alkanes of at least 4 members (excludes halogenated alkanes) is 1. The summed E-state index contributed by atoms with van der Waals surface area (Å²) in [4.78, 5) is 0. The molecule has 0 aliphatic rings. The van der Waals surface area contributed by atoms with E-state index in [-0.39, 0.29) is 24.0 Å². The van der Waals surface area contributed by atoms with Gasteiger partial charge in [0, 0.05) is 0 Å². The number of hydrogen-bond donors (Lipinski definition) is 0. The van der Waals surface area contributed by atoms with E-state index in [4.69, 9.17) is 0 Å². The van der Waals surface area contributed by atoms with Gasteiger partial charge < -0.3 is 24.0 Å². The Morgan fingerprint density at radius 2 is 1.88 bits per heavy atom. The van der Waals surface area contributed by atoms with E-state index in [0.717, 1.165) is 8.58 Å². The van der Waals surface area contributed by atoms with Crippen molar-refractivity contribution in [2.75, 3.05) is 12.3 Å². The maximum absolute atomic E-state index is 2.28. The normalized spacial score (nSPS) is 9.75. The summed E-state index contributed by atoms with van der Waals surface area (Å²) in [6.45, 7) is 4.54. The summed E-state index contributed by atoms with van der Waals surface area (Å²) < 4.78 is 0. The topological polar surface area (TPSA) is 0 Å². The van der Waals surface area contributed by atoms with Gasteiger partial charge in [-0.1, -0.05) is 13.3 Å². The van der Waals surface area contributed by atoms with E-state index in [9.17, 15) is 0 Å². The lowest BCUT2D eigenvalue weighted by Crippen LogP contribution is -3.00. The molecule has 1 atom stereocenters. The first kappa shape index (κ1) is 11.9. The van der Waals surface area contributed by atoms with Gasteiger partial charge in [-0.2, -0.15) is 0 Å². The highest BCUT2D eigenvalue weighted by atomic mass is 127. The van der Waals surface area contributed by atoms with Crippen molar-refractivity contribution < 1.29 is 24.0 Å². The zero-order valence-electron chi connectivity index (χ0n) is 5.78. The van der Waals surface area contributed by atoms with Crippen LogP contribution in [0.2, 0.25) is 0 Å². The summed E-state index contributed by atoms with van der Waals surface area (Å²) in [5.41, 5.74) is 0. The van der Waals surface area contributed by atoms with Gasteiger partial charge in [0.25, 0.3) is 0 Å². The van der Waals surface area contributed by atoms with Crippen LogP contribution in [0.5, 0.6) is 0 Å². The van der Waals surface area contributed by atoms with Gasteiger partial charge >= 0.3 is 0 Å². The van der Waals surface area contributed by atoms with Gasteiger partial charge in [-0.25, -0.2) is 0 Å². The Bertz CT molecular complexity index is 27.7. The zero-order valence-corrected chi connectivity index (χ0v) is 9.10. The molecule has 0 saturated carbocycles. The predicted molar refractivity (Wildman–Crippen MR) is 40.0 cm³/mol. The smallest absolute Gasteiger partial charge is 0.0549 e. The highest BCUT2D eigenvalue weighted by molar-refractivity contribution is 7.37. The van der Waals surface area contributed by atoms with Gasteiger partial charge in [0.05, 0.1) is 12.3 Å². The first-order valence-corrected chi connectivity index (χ1v) is 4.86. The lowest BCUT2D eigenvalue weighted by molar-refractivity contribution is -0.00000159. The van der Waals surface area contributed by atoms with Crippen molar-refractivity contribution >= 4 is 8.58 Å². The number of rotatable bonds is 4.